The van der Waals surface area contributed by atoms with Gasteiger partial charge in [0.05, 0.1) is 46.3 Å². The minimum absolute atomic E-state index is 0. The quantitative estimate of drug-likeness (QED) is 0.145. The van der Waals surface area contributed by atoms with Crippen molar-refractivity contribution < 1.29 is 67.5 Å². The van der Waals surface area contributed by atoms with Crippen molar-refractivity contribution in [1.82, 2.24) is 4.90 Å². The lowest BCUT2D eigenvalue weighted by atomic mass is 10.2. The van der Waals surface area contributed by atoms with Gasteiger partial charge in [-0.25, -0.2) is 9.59 Å². The highest BCUT2D eigenvalue weighted by atomic mass is 127. The molecule has 64 heavy (non-hydrogen) atoms. The molecule has 3 aromatic rings. The fourth-order valence-electron chi connectivity index (χ4n) is 7.12. The number of rotatable bonds is 11. The first-order valence-electron chi connectivity index (χ1n) is 20.3. The zero-order valence-corrected chi connectivity index (χ0v) is 38.0. The SMILES string of the molecule is C=CC1=C(C)C(=O)N(C[C@H]2CN(c3ccc(N4CCOCC4=O)cc3)C(=O)O2)C1=O.Cc1ccc(S(=O)(=O)OC[C@H]2CN(c3ccc(N4CCOCC4=O)cc3)C(=O)O2)cc1.I.[2H]CF.[HH]. The molecule has 18 nitrogen and oxygen atoms in total. The Bertz CT molecular complexity index is 2410. The lowest BCUT2D eigenvalue weighted by Gasteiger charge is -2.27. The van der Waals surface area contributed by atoms with Crippen molar-refractivity contribution >= 4 is 92.7 Å². The summed E-state index contributed by atoms with van der Waals surface area (Å²) in [5, 5.41) is 0. The number of halogens is 2. The average Bonchev–Trinajstić information content (AvgIpc) is 3.92. The molecule has 0 radical (unpaired) electrons. The van der Waals surface area contributed by atoms with Crippen molar-refractivity contribution in [3.63, 3.8) is 0 Å². The van der Waals surface area contributed by atoms with Gasteiger partial charge in [0.25, 0.3) is 33.7 Å². The van der Waals surface area contributed by atoms with Gasteiger partial charge < -0.3 is 28.7 Å². The molecule has 5 aliphatic rings. The van der Waals surface area contributed by atoms with Crippen molar-refractivity contribution in [3.05, 3.63) is 102 Å². The number of hydrogen-bond donors (Lipinski definition) is 0. The third-order valence-corrected chi connectivity index (χ3v) is 11.7. The molecule has 0 aromatic heterocycles. The van der Waals surface area contributed by atoms with Gasteiger partial charge in [-0.15, -0.1) is 24.0 Å². The Kier molecular flexibility index (Phi) is 16.2. The topological polar surface area (TPSA) is 199 Å². The molecule has 8 rings (SSSR count). The van der Waals surface area contributed by atoms with Gasteiger partial charge in [-0.2, -0.15) is 8.42 Å². The number of anilines is 4. The second-order valence-electron chi connectivity index (χ2n) is 14.5. The summed E-state index contributed by atoms with van der Waals surface area (Å²) >= 11 is 0. The predicted molar refractivity (Wildman–Crippen MR) is 243 cm³/mol. The minimum Gasteiger partial charge on any atom is -0.442 e. The molecular formula is C43H49FIN5O13S. The van der Waals surface area contributed by atoms with Gasteiger partial charge in [0.2, 0.25) is 0 Å². The number of hydrogen-bond acceptors (Lipinski definition) is 13. The van der Waals surface area contributed by atoms with Crippen molar-refractivity contribution in [2.75, 3.05) is 92.5 Å². The number of benzene rings is 3. The van der Waals surface area contributed by atoms with Crippen LogP contribution in [-0.2, 0) is 52.4 Å². The molecule has 3 aromatic carbocycles. The molecule has 0 unspecified atom stereocenters. The monoisotopic (exact) mass is 1020 g/mol. The van der Waals surface area contributed by atoms with Gasteiger partial charge >= 0.3 is 12.2 Å². The first kappa shape index (κ1) is 47.7. The maximum atomic E-state index is 12.4. The molecule has 6 amide bonds. The Morgan fingerprint density at radius 1 is 0.734 bits per heavy atom. The number of ether oxygens (including phenoxy) is 4. The smallest absolute Gasteiger partial charge is 0.414 e. The van der Waals surface area contributed by atoms with Crippen molar-refractivity contribution in [1.29, 1.82) is 0 Å². The number of carbonyl (C=O) groups excluding carboxylic acids is 6. The van der Waals surface area contributed by atoms with Crippen molar-refractivity contribution in [3.8, 4) is 0 Å². The van der Waals surface area contributed by atoms with Crippen LogP contribution in [0.2, 0.25) is 0 Å². The highest BCUT2D eigenvalue weighted by Crippen LogP contribution is 2.29. The standard InChI is InChI=1S/C21H21N3O6.C21H22N2O7S.CH3F.HI.H2/c1-3-17-13(2)19(26)24(20(17)27)11-16-10-23(21(28)30-16)15-6-4-14(5-7-15)22-8-9-29-12-18(22)25;1-15-2-8-19(9-3-15)31(26,27)29-13-18-12-23(21(25)30-18)17-6-4-16(5-7-17)22-10-11-28-14-20(22)24;1-2;;/h3-7,16H,1,8-12H2,2H3;2-9,18H,10-14H2,1H3;1H3;2*1H/t16-;18-;;;/m11.../s1/i;;1D;;. The van der Waals surface area contributed by atoms with Crippen LogP contribution in [0, 0.1) is 6.92 Å². The van der Waals surface area contributed by atoms with E-state index in [9.17, 15) is 41.6 Å². The van der Waals surface area contributed by atoms with Crippen LogP contribution in [0.1, 0.15) is 15.3 Å². The summed E-state index contributed by atoms with van der Waals surface area (Å²) in [7, 11) is -4.94. The summed E-state index contributed by atoms with van der Waals surface area (Å²) in [6.45, 7) is 9.05. The number of carbonyl (C=O) groups is 6. The lowest BCUT2D eigenvalue weighted by Crippen LogP contribution is -2.41. The Morgan fingerprint density at radius 3 is 1.61 bits per heavy atom. The van der Waals surface area contributed by atoms with Gasteiger partial charge in [0, 0.05) is 48.4 Å². The summed E-state index contributed by atoms with van der Waals surface area (Å²) < 4.78 is 66.1. The van der Waals surface area contributed by atoms with E-state index in [0.717, 1.165) is 16.2 Å². The summed E-state index contributed by atoms with van der Waals surface area (Å²) in [6, 6.07) is 20.2. The lowest BCUT2D eigenvalue weighted by molar-refractivity contribution is -0.138. The Hall–Kier alpha value is -5.75. The minimum atomic E-state index is -3.94. The maximum Gasteiger partial charge on any atom is 0.414 e. The molecule has 0 spiro atoms. The van der Waals surface area contributed by atoms with Gasteiger partial charge in [-0.05, 0) is 74.5 Å². The number of nitrogens with zero attached hydrogens (tertiary/aromatic N) is 5. The fraction of sp³-hybridized carbons (Fsp3) is 0.349. The van der Waals surface area contributed by atoms with E-state index in [2.05, 4.69) is 6.58 Å². The third kappa shape index (κ3) is 11.1. The largest absolute Gasteiger partial charge is 0.442 e. The van der Waals surface area contributed by atoms with Crippen LogP contribution in [0.3, 0.4) is 0 Å². The Morgan fingerprint density at radius 2 is 1.17 bits per heavy atom. The summed E-state index contributed by atoms with van der Waals surface area (Å²) in [4.78, 5) is 80.5. The van der Waals surface area contributed by atoms with Crippen LogP contribution in [0.25, 0.3) is 0 Å². The van der Waals surface area contributed by atoms with Crippen LogP contribution in [0.5, 0.6) is 0 Å². The van der Waals surface area contributed by atoms with E-state index < -0.39 is 53.5 Å². The molecule has 0 aliphatic carbocycles. The van der Waals surface area contributed by atoms with Crippen LogP contribution < -0.4 is 19.6 Å². The van der Waals surface area contributed by atoms with Crippen LogP contribution in [-0.4, -0.2) is 134 Å². The third-order valence-electron chi connectivity index (χ3n) is 10.4. The number of morpholine rings is 2. The first-order valence-corrected chi connectivity index (χ1v) is 21.0. The number of amides is 6. The van der Waals surface area contributed by atoms with Crippen LogP contribution in [0.4, 0.5) is 36.7 Å². The molecule has 4 saturated heterocycles. The second kappa shape index (κ2) is 21.8. The van der Waals surface area contributed by atoms with Gasteiger partial charge in [0.15, 0.2) is 0 Å². The second-order valence-corrected chi connectivity index (χ2v) is 16.1. The van der Waals surface area contributed by atoms with E-state index in [1.54, 1.807) is 77.4 Å². The normalized spacial score (nSPS) is 20.2. The Labute approximate surface area is 389 Å². The van der Waals surface area contributed by atoms with E-state index in [0.29, 0.717) is 48.9 Å². The van der Waals surface area contributed by atoms with E-state index in [-0.39, 0.29) is 87.1 Å². The Balaban J connectivity index is 0.000000265. The molecule has 5 aliphatic heterocycles. The van der Waals surface area contributed by atoms with Crippen molar-refractivity contribution in [2.45, 2.75) is 31.0 Å². The molecule has 344 valence electrons. The summed E-state index contributed by atoms with van der Waals surface area (Å²) in [6.07, 6.45) is -1.14. The van der Waals surface area contributed by atoms with Gasteiger partial charge in [-0.3, -0.25) is 42.5 Å². The summed E-state index contributed by atoms with van der Waals surface area (Å²) in [5.41, 5.74) is 4.17. The first-order chi connectivity index (χ1) is 30.6. The molecule has 4 fully saturated rings. The average molecular weight is 1020 g/mol. The van der Waals surface area contributed by atoms with E-state index in [4.69, 9.17) is 24.5 Å². The molecule has 21 heteroatoms. The molecular weight excluding hydrogens is 972 g/mol. The fourth-order valence-corrected chi connectivity index (χ4v) is 8.05. The van der Waals surface area contributed by atoms with E-state index in [1.165, 1.54) is 28.0 Å². The zero-order chi connectivity index (χ0) is 46.1. The maximum absolute atomic E-state index is 12.4. The predicted octanol–water partition coefficient (Wildman–Crippen LogP) is 4.78. The summed E-state index contributed by atoms with van der Waals surface area (Å²) in [5.74, 6) is -1.06. The molecule has 0 N–H and O–H groups in total. The van der Waals surface area contributed by atoms with Gasteiger partial charge in [0.1, 0.15) is 32.0 Å². The van der Waals surface area contributed by atoms with Crippen LogP contribution >= 0.6 is 24.0 Å². The van der Waals surface area contributed by atoms with Gasteiger partial charge in [-0.1, -0.05) is 30.4 Å². The van der Waals surface area contributed by atoms with Crippen molar-refractivity contribution in [2.24, 2.45) is 0 Å². The van der Waals surface area contributed by atoms with E-state index >= 15 is 0 Å². The molecule has 0 bridgehead atoms. The molecule has 0 saturated carbocycles. The van der Waals surface area contributed by atoms with Crippen LogP contribution in [0.15, 0.2) is 101 Å². The number of alkyl halides is 1. The zero-order valence-electron chi connectivity index (χ0n) is 35.9. The molecule has 5 heterocycles. The number of aryl methyl sites for hydroxylation is 1. The highest BCUT2D eigenvalue weighted by Gasteiger charge is 2.40. The molecule has 2 atom stereocenters. The number of imide groups is 1. The number of cyclic esters (lactones) is 2. The highest BCUT2D eigenvalue weighted by molar-refractivity contribution is 14.0. The van der Waals surface area contributed by atoms with E-state index in [1.807, 2.05) is 6.92 Å².